The number of aryl methyl sites for hydroxylation is 1. The molecule has 0 aliphatic heterocycles. The van der Waals surface area contributed by atoms with Crippen LogP contribution in [-0.4, -0.2) is 14.7 Å². The van der Waals surface area contributed by atoms with E-state index in [4.69, 9.17) is 0 Å². The quantitative estimate of drug-likeness (QED) is 0.752. The summed E-state index contributed by atoms with van der Waals surface area (Å²) in [4.78, 5) is 12.5. The number of hydrogen-bond acceptors (Lipinski definition) is 4. The minimum Gasteiger partial charge on any atom is -0.320 e. The van der Waals surface area contributed by atoms with Gasteiger partial charge in [0.15, 0.2) is 0 Å². The Labute approximate surface area is 139 Å². The summed E-state index contributed by atoms with van der Waals surface area (Å²) in [7, 11) is 0. The van der Waals surface area contributed by atoms with E-state index in [1.54, 1.807) is 0 Å². The van der Waals surface area contributed by atoms with Gasteiger partial charge in [-0.2, -0.15) is 8.75 Å². The average Bonchev–Trinajstić information content (AvgIpc) is 2.98. The van der Waals surface area contributed by atoms with Crippen molar-refractivity contribution < 1.29 is 4.79 Å². The molecule has 0 saturated heterocycles. The Bertz CT molecular complexity index is 860. The second kappa shape index (κ2) is 5.74. The zero-order valence-electron chi connectivity index (χ0n) is 13.7. The van der Waals surface area contributed by atoms with Crippen LogP contribution in [-0.2, 0) is 5.41 Å². The molecule has 0 fully saturated rings. The molecule has 23 heavy (non-hydrogen) atoms. The molecular formula is C18H19N3OS. The first kappa shape index (κ1) is 15.6. The van der Waals surface area contributed by atoms with Crippen molar-refractivity contribution in [3.63, 3.8) is 0 Å². The fourth-order valence-electron chi connectivity index (χ4n) is 2.42. The van der Waals surface area contributed by atoms with Gasteiger partial charge in [-0.15, -0.1) is 0 Å². The molecule has 0 radical (unpaired) electrons. The Morgan fingerprint density at radius 1 is 1.04 bits per heavy atom. The summed E-state index contributed by atoms with van der Waals surface area (Å²) in [6, 6.07) is 11.6. The van der Waals surface area contributed by atoms with E-state index in [0.717, 1.165) is 34.0 Å². The van der Waals surface area contributed by atoms with Gasteiger partial charge in [0, 0.05) is 5.56 Å². The molecule has 0 saturated carbocycles. The van der Waals surface area contributed by atoms with E-state index >= 15 is 0 Å². The van der Waals surface area contributed by atoms with E-state index in [2.05, 4.69) is 34.8 Å². The number of nitrogens with zero attached hydrogens (tertiary/aromatic N) is 2. The predicted octanol–water partition coefficient (Wildman–Crippen LogP) is 4.55. The van der Waals surface area contributed by atoms with Crippen molar-refractivity contribution in [3.8, 4) is 0 Å². The van der Waals surface area contributed by atoms with Crippen LogP contribution in [0.4, 0.5) is 5.69 Å². The molecule has 2 aromatic carbocycles. The van der Waals surface area contributed by atoms with Gasteiger partial charge in [-0.05, 0) is 41.7 Å². The lowest BCUT2D eigenvalue weighted by atomic mass is 9.86. The van der Waals surface area contributed by atoms with Crippen LogP contribution in [0.3, 0.4) is 0 Å². The van der Waals surface area contributed by atoms with Gasteiger partial charge in [0.2, 0.25) is 0 Å². The highest BCUT2D eigenvalue weighted by Crippen LogP contribution is 2.27. The van der Waals surface area contributed by atoms with E-state index < -0.39 is 0 Å². The van der Waals surface area contributed by atoms with Crippen molar-refractivity contribution in [3.05, 3.63) is 53.1 Å². The van der Waals surface area contributed by atoms with Crippen LogP contribution in [0.2, 0.25) is 0 Å². The van der Waals surface area contributed by atoms with E-state index in [0.29, 0.717) is 5.56 Å². The van der Waals surface area contributed by atoms with Crippen molar-refractivity contribution in [2.24, 2.45) is 0 Å². The van der Waals surface area contributed by atoms with Gasteiger partial charge in [-0.1, -0.05) is 39.0 Å². The predicted molar refractivity (Wildman–Crippen MR) is 95.2 cm³/mol. The molecule has 0 aliphatic carbocycles. The number of carbonyl (C=O) groups excluding carboxylic acids is 1. The lowest BCUT2D eigenvalue weighted by Crippen LogP contribution is -2.15. The molecule has 4 nitrogen and oxygen atoms in total. The molecule has 1 N–H and O–H groups in total. The molecule has 3 rings (SSSR count). The summed E-state index contributed by atoms with van der Waals surface area (Å²) in [6.45, 7) is 8.42. The third-order valence-corrected chi connectivity index (χ3v) is 4.43. The minimum absolute atomic E-state index is 0.0729. The summed E-state index contributed by atoms with van der Waals surface area (Å²) in [5.41, 5.74) is 5.18. The van der Waals surface area contributed by atoms with Crippen LogP contribution >= 0.6 is 11.7 Å². The number of hydrogen-bond donors (Lipinski definition) is 1. The summed E-state index contributed by atoms with van der Waals surface area (Å²) in [5, 5.41) is 2.98. The second-order valence-corrected chi connectivity index (χ2v) is 7.20. The Hall–Kier alpha value is -2.27. The SMILES string of the molecule is Cc1ccc2nsnc2c1NC(=O)c1ccc(C(C)(C)C)cc1. The number of rotatable bonds is 2. The van der Waals surface area contributed by atoms with Crippen LogP contribution in [0, 0.1) is 6.92 Å². The molecule has 1 aromatic heterocycles. The molecule has 1 heterocycles. The molecule has 1 amide bonds. The Morgan fingerprint density at radius 3 is 2.39 bits per heavy atom. The largest absolute Gasteiger partial charge is 0.320 e. The molecular weight excluding hydrogens is 306 g/mol. The van der Waals surface area contributed by atoms with Gasteiger partial charge in [-0.25, -0.2) is 0 Å². The molecule has 0 bridgehead atoms. The molecule has 5 heteroatoms. The standard InChI is InChI=1S/C18H19N3OS/c1-11-5-10-14-16(21-23-20-14)15(11)19-17(22)12-6-8-13(9-7-12)18(2,3)4/h5-10H,1-4H3,(H,19,22). The number of carbonyl (C=O) groups is 1. The van der Waals surface area contributed by atoms with Crippen molar-refractivity contribution in [1.82, 2.24) is 8.75 Å². The first-order valence-electron chi connectivity index (χ1n) is 7.50. The van der Waals surface area contributed by atoms with Crippen molar-refractivity contribution in [1.29, 1.82) is 0 Å². The number of nitrogens with one attached hydrogen (secondary N) is 1. The number of fused-ring (bicyclic) bond motifs is 1. The van der Waals surface area contributed by atoms with Crippen LogP contribution in [0.1, 0.15) is 42.3 Å². The maximum atomic E-state index is 12.5. The summed E-state index contributed by atoms with van der Waals surface area (Å²) < 4.78 is 8.51. The summed E-state index contributed by atoms with van der Waals surface area (Å²) in [5.74, 6) is -0.131. The van der Waals surface area contributed by atoms with Gasteiger partial charge >= 0.3 is 0 Å². The maximum Gasteiger partial charge on any atom is 0.255 e. The van der Waals surface area contributed by atoms with E-state index in [1.165, 1.54) is 5.56 Å². The highest BCUT2D eigenvalue weighted by molar-refractivity contribution is 7.00. The summed E-state index contributed by atoms with van der Waals surface area (Å²) in [6.07, 6.45) is 0. The first-order chi connectivity index (χ1) is 10.9. The van der Waals surface area contributed by atoms with E-state index in [9.17, 15) is 4.79 Å². The first-order valence-corrected chi connectivity index (χ1v) is 8.23. The van der Waals surface area contributed by atoms with E-state index in [1.807, 2.05) is 43.3 Å². The van der Waals surface area contributed by atoms with Crippen molar-refractivity contribution >= 4 is 34.4 Å². The van der Waals surface area contributed by atoms with Crippen LogP contribution in [0.5, 0.6) is 0 Å². The Balaban J connectivity index is 1.89. The molecule has 0 unspecified atom stereocenters. The number of anilines is 1. The molecule has 0 spiro atoms. The van der Waals surface area contributed by atoms with Crippen LogP contribution < -0.4 is 5.32 Å². The Morgan fingerprint density at radius 2 is 1.74 bits per heavy atom. The number of benzene rings is 2. The van der Waals surface area contributed by atoms with E-state index in [-0.39, 0.29) is 11.3 Å². The molecule has 3 aromatic rings. The lowest BCUT2D eigenvalue weighted by molar-refractivity contribution is 0.102. The average molecular weight is 325 g/mol. The van der Waals surface area contributed by atoms with Gasteiger partial charge < -0.3 is 5.32 Å². The molecule has 0 atom stereocenters. The zero-order chi connectivity index (χ0) is 16.6. The van der Waals surface area contributed by atoms with Gasteiger partial charge in [-0.3, -0.25) is 4.79 Å². The van der Waals surface area contributed by atoms with Crippen molar-refractivity contribution in [2.45, 2.75) is 33.1 Å². The molecule has 118 valence electrons. The monoisotopic (exact) mass is 325 g/mol. The molecule has 0 aliphatic rings. The van der Waals surface area contributed by atoms with Crippen LogP contribution in [0.15, 0.2) is 36.4 Å². The minimum atomic E-state index is -0.131. The normalized spacial score (nSPS) is 11.7. The topological polar surface area (TPSA) is 54.9 Å². The van der Waals surface area contributed by atoms with Gasteiger partial charge in [0.05, 0.1) is 17.4 Å². The third-order valence-electron chi connectivity index (χ3n) is 3.89. The second-order valence-electron chi connectivity index (χ2n) is 6.67. The summed E-state index contributed by atoms with van der Waals surface area (Å²) >= 11 is 1.15. The lowest BCUT2D eigenvalue weighted by Gasteiger charge is -2.19. The number of aromatic nitrogens is 2. The zero-order valence-corrected chi connectivity index (χ0v) is 14.5. The fourth-order valence-corrected chi connectivity index (χ4v) is 2.96. The van der Waals surface area contributed by atoms with Gasteiger partial charge in [0.25, 0.3) is 5.91 Å². The number of amides is 1. The third kappa shape index (κ3) is 3.10. The highest BCUT2D eigenvalue weighted by Gasteiger charge is 2.16. The smallest absolute Gasteiger partial charge is 0.255 e. The van der Waals surface area contributed by atoms with Gasteiger partial charge in [0.1, 0.15) is 11.0 Å². The fraction of sp³-hybridized carbons (Fsp3) is 0.278. The maximum absolute atomic E-state index is 12.5. The highest BCUT2D eigenvalue weighted by atomic mass is 32.1. The van der Waals surface area contributed by atoms with Crippen LogP contribution in [0.25, 0.3) is 11.0 Å². The van der Waals surface area contributed by atoms with Crippen molar-refractivity contribution in [2.75, 3.05) is 5.32 Å². The Kier molecular flexibility index (Phi) is 3.90.